The summed E-state index contributed by atoms with van der Waals surface area (Å²) in [5, 5.41) is 2.71. The van der Waals surface area contributed by atoms with E-state index in [9.17, 15) is 14.4 Å². The van der Waals surface area contributed by atoms with E-state index >= 15 is 0 Å². The number of nitrogens with one attached hydrogen (secondary N) is 1. The molecular weight excluding hydrogens is 412 g/mol. The number of rotatable bonds is 5. The number of ether oxygens (including phenoxy) is 1. The van der Waals surface area contributed by atoms with Crippen LogP contribution in [0.25, 0.3) is 0 Å². The number of esters is 1. The van der Waals surface area contributed by atoms with Crippen LogP contribution in [0, 0.1) is 12.8 Å². The van der Waals surface area contributed by atoms with Gasteiger partial charge in [0.1, 0.15) is 0 Å². The van der Waals surface area contributed by atoms with Crippen molar-refractivity contribution in [3.8, 4) is 0 Å². The second-order valence-electron chi connectivity index (χ2n) is 6.36. The van der Waals surface area contributed by atoms with Crippen LogP contribution < -0.4 is 10.2 Å². The van der Waals surface area contributed by atoms with E-state index in [4.69, 9.17) is 4.74 Å². The molecule has 2 amide bonds. The summed E-state index contributed by atoms with van der Waals surface area (Å²) in [5.41, 5.74) is 2.30. The minimum atomic E-state index is -0.570. The average molecular weight is 431 g/mol. The smallest absolute Gasteiger partial charge is 0.311 e. The molecule has 1 N–H and O–H groups in total. The Morgan fingerprint density at radius 1 is 1.22 bits per heavy atom. The maximum absolute atomic E-state index is 12.2. The quantitative estimate of drug-likeness (QED) is 0.738. The lowest BCUT2D eigenvalue weighted by Gasteiger charge is -2.16. The van der Waals surface area contributed by atoms with Crippen LogP contribution in [-0.4, -0.2) is 30.9 Å². The van der Waals surface area contributed by atoms with Crippen LogP contribution in [0.2, 0.25) is 0 Å². The van der Waals surface area contributed by atoms with Crippen molar-refractivity contribution < 1.29 is 19.1 Å². The van der Waals surface area contributed by atoms with Gasteiger partial charge in [0.05, 0.1) is 5.92 Å². The Bertz CT molecular complexity index is 870. The van der Waals surface area contributed by atoms with Crippen molar-refractivity contribution in [2.24, 2.45) is 5.92 Å². The molecule has 1 aliphatic heterocycles. The van der Waals surface area contributed by atoms with E-state index in [2.05, 4.69) is 21.2 Å². The Labute approximate surface area is 165 Å². The normalized spacial score (nSPS) is 16.3. The number of amides is 2. The van der Waals surface area contributed by atoms with Gasteiger partial charge in [-0.05, 0) is 42.8 Å². The summed E-state index contributed by atoms with van der Waals surface area (Å²) in [6.07, 6.45) is 0.0845. The molecule has 1 aliphatic rings. The van der Waals surface area contributed by atoms with Gasteiger partial charge in [-0.2, -0.15) is 0 Å². The first-order valence-electron chi connectivity index (χ1n) is 8.52. The monoisotopic (exact) mass is 430 g/mol. The van der Waals surface area contributed by atoms with Gasteiger partial charge in [0.2, 0.25) is 5.91 Å². The standard InChI is InChI=1S/C20H19BrN2O4/c1-13-9-15(21)7-8-17(13)22-18(24)12-27-20(26)14-10-19(25)23(11-14)16-5-3-2-4-6-16/h2-9,14H,10-12H2,1H3,(H,22,24)/t14-/m1/s1. The molecule has 1 heterocycles. The van der Waals surface area contributed by atoms with Crippen molar-refractivity contribution in [2.45, 2.75) is 13.3 Å². The molecule has 0 bridgehead atoms. The van der Waals surface area contributed by atoms with Crippen LogP contribution in [0.4, 0.5) is 11.4 Å². The number of para-hydroxylation sites is 1. The predicted octanol–water partition coefficient (Wildman–Crippen LogP) is 3.29. The zero-order valence-electron chi connectivity index (χ0n) is 14.8. The molecule has 7 heteroatoms. The third kappa shape index (κ3) is 4.74. The summed E-state index contributed by atoms with van der Waals surface area (Å²) in [6, 6.07) is 14.6. The zero-order valence-corrected chi connectivity index (χ0v) is 16.4. The Morgan fingerprint density at radius 2 is 1.96 bits per heavy atom. The van der Waals surface area contributed by atoms with Gasteiger partial charge < -0.3 is 15.0 Å². The molecule has 3 rings (SSSR count). The van der Waals surface area contributed by atoms with Gasteiger partial charge in [-0.3, -0.25) is 14.4 Å². The fraction of sp³-hybridized carbons (Fsp3) is 0.250. The van der Waals surface area contributed by atoms with Crippen LogP contribution in [0.15, 0.2) is 53.0 Å². The molecule has 0 aliphatic carbocycles. The van der Waals surface area contributed by atoms with E-state index in [-0.39, 0.29) is 25.5 Å². The molecule has 27 heavy (non-hydrogen) atoms. The molecule has 1 atom stereocenters. The van der Waals surface area contributed by atoms with E-state index in [1.54, 1.807) is 11.0 Å². The number of hydrogen-bond donors (Lipinski definition) is 1. The molecular formula is C20H19BrN2O4. The minimum Gasteiger partial charge on any atom is -0.455 e. The summed E-state index contributed by atoms with van der Waals surface area (Å²) in [7, 11) is 0. The Kier molecular flexibility index (Phi) is 5.91. The highest BCUT2D eigenvalue weighted by atomic mass is 79.9. The topological polar surface area (TPSA) is 75.7 Å². The number of carbonyl (C=O) groups is 3. The number of halogens is 1. The summed E-state index contributed by atoms with van der Waals surface area (Å²) in [5.74, 6) is -1.65. The molecule has 0 unspecified atom stereocenters. The maximum Gasteiger partial charge on any atom is 0.311 e. The SMILES string of the molecule is Cc1cc(Br)ccc1NC(=O)COC(=O)[C@@H]1CC(=O)N(c2ccccc2)C1. The minimum absolute atomic E-state index is 0.0845. The second kappa shape index (κ2) is 8.35. The summed E-state index contributed by atoms with van der Waals surface area (Å²) < 4.78 is 6.03. The highest BCUT2D eigenvalue weighted by molar-refractivity contribution is 9.10. The molecule has 0 spiro atoms. The van der Waals surface area contributed by atoms with Gasteiger partial charge in [0.25, 0.3) is 5.91 Å². The number of carbonyl (C=O) groups excluding carboxylic acids is 3. The Balaban J connectivity index is 1.52. The molecule has 140 valence electrons. The average Bonchev–Trinajstić information content (AvgIpc) is 3.04. The van der Waals surface area contributed by atoms with E-state index in [1.807, 2.05) is 49.4 Å². The first kappa shape index (κ1) is 19.1. The molecule has 2 aromatic carbocycles. The summed E-state index contributed by atoms with van der Waals surface area (Å²) >= 11 is 3.36. The number of anilines is 2. The van der Waals surface area contributed by atoms with Gasteiger partial charge in [-0.25, -0.2) is 0 Å². The number of benzene rings is 2. The van der Waals surface area contributed by atoms with Gasteiger partial charge in [0, 0.05) is 28.8 Å². The van der Waals surface area contributed by atoms with Crippen molar-refractivity contribution in [2.75, 3.05) is 23.4 Å². The van der Waals surface area contributed by atoms with Crippen molar-refractivity contribution in [3.05, 3.63) is 58.6 Å². The van der Waals surface area contributed by atoms with Gasteiger partial charge in [-0.15, -0.1) is 0 Å². The highest BCUT2D eigenvalue weighted by Crippen LogP contribution is 2.25. The largest absolute Gasteiger partial charge is 0.455 e. The molecule has 0 saturated carbocycles. The summed E-state index contributed by atoms with van der Waals surface area (Å²) in [4.78, 5) is 38.0. The number of hydrogen-bond acceptors (Lipinski definition) is 4. The lowest BCUT2D eigenvalue weighted by Crippen LogP contribution is -2.28. The number of nitrogens with zero attached hydrogens (tertiary/aromatic N) is 1. The van der Waals surface area contributed by atoms with Gasteiger partial charge >= 0.3 is 5.97 Å². The van der Waals surface area contributed by atoms with E-state index < -0.39 is 17.8 Å². The van der Waals surface area contributed by atoms with E-state index in [0.717, 1.165) is 15.7 Å². The number of aryl methyl sites for hydroxylation is 1. The van der Waals surface area contributed by atoms with Crippen molar-refractivity contribution in [1.29, 1.82) is 0 Å². The van der Waals surface area contributed by atoms with Crippen molar-refractivity contribution in [3.63, 3.8) is 0 Å². The van der Waals surface area contributed by atoms with Crippen LogP contribution >= 0.6 is 15.9 Å². The van der Waals surface area contributed by atoms with Gasteiger partial charge in [0.15, 0.2) is 6.61 Å². The first-order valence-corrected chi connectivity index (χ1v) is 9.31. The van der Waals surface area contributed by atoms with Crippen molar-refractivity contribution >= 4 is 45.1 Å². The third-order valence-corrected chi connectivity index (χ3v) is 4.83. The Morgan fingerprint density at radius 3 is 2.67 bits per heavy atom. The zero-order chi connectivity index (χ0) is 19.4. The van der Waals surface area contributed by atoms with Crippen LogP contribution in [0.3, 0.4) is 0 Å². The van der Waals surface area contributed by atoms with Crippen LogP contribution in [0.1, 0.15) is 12.0 Å². The van der Waals surface area contributed by atoms with E-state index in [1.165, 1.54) is 0 Å². The molecule has 2 aromatic rings. The van der Waals surface area contributed by atoms with Crippen LogP contribution in [-0.2, 0) is 19.1 Å². The van der Waals surface area contributed by atoms with Crippen LogP contribution in [0.5, 0.6) is 0 Å². The second-order valence-corrected chi connectivity index (χ2v) is 7.27. The highest BCUT2D eigenvalue weighted by Gasteiger charge is 2.36. The van der Waals surface area contributed by atoms with Crippen molar-refractivity contribution in [1.82, 2.24) is 0 Å². The fourth-order valence-electron chi connectivity index (χ4n) is 2.93. The Hall–Kier alpha value is -2.67. The van der Waals surface area contributed by atoms with E-state index in [0.29, 0.717) is 5.69 Å². The molecule has 0 radical (unpaired) electrons. The molecule has 6 nitrogen and oxygen atoms in total. The predicted molar refractivity (Wildman–Crippen MR) is 105 cm³/mol. The lowest BCUT2D eigenvalue weighted by molar-refractivity contribution is -0.151. The molecule has 0 aromatic heterocycles. The maximum atomic E-state index is 12.2. The summed E-state index contributed by atoms with van der Waals surface area (Å²) in [6.45, 7) is 1.74. The third-order valence-electron chi connectivity index (χ3n) is 4.33. The fourth-order valence-corrected chi connectivity index (χ4v) is 3.41. The molecule has 1 fully saturated rings. The van der Waals surface area contributed by atoms with Gasteiger partial charge in [-0.1, -0.05) is 34.1 Å². The molecule has 1 saturated heterocycles. The first-order chi connectivity index (χ1) is 12.9. The lowest BCUT2D eigenvalue weighted by atomic mass is 10.1.